The highest BCUT2D eigenvalue weighted by Gasteiger charge is 2.23. The number of imidazole rings is 1. The summed E-state index contributed by atoms with van der Waals surface area (Å²) in [6.07, 6.45) is 0.653. The van der Waals surface area contributed by atoms with Crippen LogP contribution in [0.5, 0.6) is 0 Å². The van der Waals surface area contributed by atoms with Crippen molar-refractivity contribution in [1.29, 1.82) is 0 Å². The molecule has 2 aromatic heterocycles. The van der Waals surface area contributed by atoms with Crippen molar-refractivity contribution in [2.45, 2.75) is 25.3 Å². The van der Waals surface area contributed by atoms with Gasteiger partial charge in [-0.05, 0) is 24.5 Å². The maximum absolute atomic E-state index is 13.5. The summed E-state index contributed by atoms with van der Waals surface area (Å²) in [6, 6.07) is 3.21. The summed E-state index contributed by atoms with van der Waals surface area (Å²) in [5.41, 5.74) is 0.767. The topological polar surface area (TPSA) is 90.3 Å². The van der Waals surface area contributed by atoms with Gasteiger partial charge in [0.15, 0.2) is 5.65 Å². The number of fused-ring (bicyclic) bond motifs is 1. The first kappa shape index (κ1) is 12.9. The van der Waals surface area contributed by atoms with E-state index in [9.17, 15) is 12.8 Å². The van der Waals surface area contributed by atoms with E-state index in [1.54, 1.807) is 6.07 Å². The quantitative estimate of drug-likeness (QED) is 0.891. The Kier molecular flexibility index (Phi) is 3.07. The highest BCUT2D eigenvalue weighted by atomic mass is 32.2. The van der Waals surface area contributed by atoms with Gasteiger partial charge in [0.25, 0.3) is 16.0 Å². The third kappa shape index (κ3) is 2.34. The number of hydrogen-bond acceptors (Lipinski definition) is 4. The van der Waals surface area contributed by atoms with Crippen molar-refractivity contribution in [3.63, 3.8) is 0 Å². The van der Waals surface area contributed by atoms with Gasteiger partial charge in [-0.15, -0.1) is 0 Å². The summed E-state index contributed by atoms with van der Waals surface area (Å²) in [5, 5.41) is 8.30. The van der Waals surface area contributed by atoms with Crippen LogP contribution in [0.15, 0.2) is 17.2 Å². The highest BCUT2D eigenvalue weighted by Crippen LogP contribution is 2.15. The molecular weight excluding hydrogens is 259 g/mol. The molecule has 0 saturated carbocycles. The first-order valence-electron chi connectivity index (χ1n) is 5.36. The smallest absolute Gasteiger partial charge is 0.223 e. The Morgan fingerprint density at radius 1 is 1.44 bits per heavy atom. The van der Waals surface area contributed by atoms with Crippen LogP contribution >= 0.6 is 0 Å². The molecule has 0 aliphatic heterocycles. The molecule has 0 bridgehead atoms. The highest BCUT2D eigenvalue weighted by molar-refractivity contribution is 7.89. The Balaban J connectivity index is 2.67. The standard InChI is InChI=1S/C10H13FN4O2S/c1-6(2)5-7-3-4-8-13-9(11)10(15(8)14-7)18(12,16)17/h3-4,6H,5H2,1-2H3,(H2,12,16,17). The minimum absolute atomic E-state index is 0.115. The largest absolute Gasteiger partial charge is 0.260 e. The molecule has 0 atom stereocenters. The predicted octanol–water partition coefficient (Wildman–Crippen LogP) is 0.714. The average molecular weight is 272 g/mol. The van der Waals surface area contributed by atoms with E-state index >= 15 is 0 Å². The third-order valence-corrected chi connectivity index (χ3v) is 3.22. The normalized spacial score (nSPS) is 12.5. The van der Waals surface area contributed by atoms with E-state index in [0.29, 0.717) is 18.0 Å². The SMILES string of the molecule is CC(C)Cc1ccc2nc(F)c(S(N)(=O)=O)n2n1. The lowest BCUT2D eigenvalue weighted by Crippen LogP contribution is -2.17. The summed E-state index contributed by atoms with van der Waals surface area (Å²) in [5.74, 6) is -0.784. The van der Waals surface area contributed by atoms with Crippen LogP contribution < -0.4 is 5.14 Å². The third-order valence-electron chi connectivity index (χ3n) is 2.34. The maximum atomic E-state index is 13.5. The van der Waals surface area contributed by atoms with Gasteiger partial charge in [-0.25, -0.2) is 13.6 Å². The molecule has 6 nitrogen and oxygen atoms in total. The zero-order valence-corrected chi connectivity index (χ0v) is 10.8. The second-order valence-corrected chi connectivity index (χ2v) is 5.92. The van der Waals surface area contributed by atoms with Crippen LogP contribution in [0, 0.1) is 11.9 Å². The molecule has 8 heteroatoms. The van der Waals surface area contributed by atoms with Crippen LogP contribution in [-0.4, -0.2) is 23.0 Å². The zero-order valence-electron chi connectivity index (χ0n) is 9.96. The minimum Gasteiger partial charge on any atom is -0.223 e. The van der Waals surface area contributed by atoms with Crippen molar-refractivity contribution in [2.24, 2.45) is 11.1 Å². The Hall–Kier alpha value is -1.54. The predicted molar refractivity (Wildman–Crippen MR) is 62.9 cm³/mol. The van der Waals surface area contributed by atoms with E-state index in [2.05, 4.69) is 10.1 Å². The van der Waals surface area contributed by atoms with E-state index in [1.807, 2.05) is 13.8 Å². The van der Waals surface area contributed by atoms with Crippen LogP contribution in [-0.2, 0) is 16.4 Å². The molecule has 2 aromatic rings. The molecular formula is C10H13FN4O2S. The summed E-state index contributed by atoms with van der Waals surface area (Å²) in [4.78, 5) is 3.47. The zero-order chi connectivity index (χ0) is 13.5. The van der Waals surface area contributed by atoms with Crippen LogP contribution in [0.2, 0.25) is 0 Å². The van der Waals surface area contributed by atoms with Gasteiger partial charge in [-0.1, -0.05) is 13.8 Å². The van der Waals surface area contributed by atoms with Crippen molar-refractivity contribution in [3.8, 4) is 0 Å². The average Bonchev–Trinajstić information content (AvgIpc) is 2.51. The molecule has 0 aliphatic carbocycles. The number of nitrogens with two attached hydrogens (primary N) is 1. The Bertz CT molecular complexity index is 693. The van der Waals surface area contributed by atoms with Gasteiger partial charge in [0.05, 0.1) is 5.69 Å². The minimum atomic E-state index is -4.20. The van der Waals surface area contributed by atoms with Gasteiger partial charge in [-0.2, -0.15) is 19.0 Å². The van der Waals surface area contributed by atoms with E-state index < -0.39 is 21.0 Å². The van der Waals surface area contributed by atoms with E-state index in [4.69, 9.17) is 5.14 Å². The Morgan fingerprint density at radius 3 is 2.67 bits per heavy atom. The molecule has 0 spiro atoms. The molecule has 0 fully saturated rings. The van der Waals surface area contributed by atoms with Crippen LogP contribution in [0.1, 0.15) is 19.5 Å². The molecule has 18 heavy (non-hydrogen) atoms. The molecule has 0 radical (unpaired) electrons. The molecule has 0 amide bonds. The second-order valence-electron chi connectivity index (χ2n) is 4.45. The molecule has 2 heterocycles. The van der Waals surface area contributed by atoms with Crippen LogP contribution in [0.3, 0.4) is 0 Å². The van der Waals surface area contributed by atoms with Crippen molar-refractivity contribution in [2.75, 3.05) is 0 Å². The summed E-state index contributed by atoms with van der Waals surface area (Å²) >= 11 is 0. The molecule has 0 saturated heterocycles. The first-order valence-corrected chi connectivity index (χ1v) is 6.90. The molecule has 0 aliphatic rings. The van der Waals surface area contributed by atoms with Crippen molar-refractivity contribution in [1.82, 2.24) is 14.6 Å². The Labute approximate surface area is 104 Å². The fourth-order valence-corrected chi connectivity index (χ4v) is 2.35. The van der Waals surface area contributed by atoms with Gasteiger partial charge >= 0.3 is 0 Å². The molecule has 2 N–H and O–H groups in total. The number of nitrogens with zero attached hydrogens (tertiary/aromatic N) is 3. The number of halogens is 1. The number of rotatable bonds is 3. The fraction of sp³-hybridized carbons (Fsp3) is 0.400. The van der Waals surface area contributed by atoms with Gasteiger partial charge in [0.1, 0.15) is 0 Å². The maximum Gasteiger partial charge on any atom is 0.260 e. The van der Waals surface area contributed by atoms with Crippen LogP contribution in [0.4, 0.5) is 4.39 Å². The second kappa shape index (κ2) is 4.29. The van der Waals surface area contributed by atoms with Gasteiger partial charge in [-0.3, -0.25) is 0 Å². The summed E-state index contributed by atoms with van der Waals surface area (Å²) in [7, 11) is -4.20. The van der Waals surface area contributed by atoms with E-state index in [-0.39, 0.29) is 5.65 Å². The molecule has 0 aromatic carbocycles. The lowest BCUT2D eigenvalue weighted by atomic mass is 10.1. The van der Waals surface area contributed by atoms with Gasteiger partial charge in [0, 0.05) is 0 Å². The van der Waals surface area contributed by atoms with Gasteiger partial charge in [0.2, 0.25) is 5.03 Å². The van der Waals surface area contributed by atoms with Crippen molar-refractivity contribution < 1.29 is 12.8 Å². The van der Waals surface area contributed by atoms with Crippen molar-refractivity contribution in [3.05, 3.63) is 23.8 Å². The number of primary sulfonamides is 1. The summed E-state index contributed by atoms with van der Waals surface area (Å²) < 4.78 is 37.0. The summed E-state index contributed by atoms with van der Waals surface area (Å²) in [6.45, 7) is 4.00. The number of sulfonamides is 1. The van der Waals surface area contributed by atoms with E-state index in [0.717, 1.165) is 4.52 Å². The fourth-order valence-electron chi connectivity index (χ4n) is 1.69. The molecule has 2 rings (SSSR count). The number of aromatic nitrogens is 3. The van der Waals surface area contributed by atoms with Gasteiger partial charge < -0.3 is 0 Å². The lowest BCUT2D eigenvalue weighted by Gasteiger charge is -2.05. The number of hydrogen-bond donors (Lipinski definition) is 1. The van der Waals surface area contributed by atoms with E-state index in [1.165, 1.54) is 6.07 Å². The molecule has 0 unspecified atom stereocenters. The van der Waals surface area contributed by atoms with Crippen LogP contribution in [0.25, 0.3) is 5.65 Å². The molecule has 98 valence electrons. The first-order chi connectivity index (χ1) is 8.29. The monoisotopic (exact) mass is 272 g/mol. The lowest BCUT2D eigenvalue weighted by molar-refractivity contribution is 0.531. The van der Waals surface area contributed by atoms with Crippen molar-refractivity contribution >= 4 is 15.7 Å². The Morgan fingerprint density at radius 2 is 2.11 bits per heavy atom.